The second-order valence-electron chi connectivity index (χ2n) is 6.96. The highest BCUT2D eigenvalue weighted by Crippen LogP contribution is 2.23. The number of piperidine rings is 1. The minimum absolute atomic E-state index is 0.0534. The number of urea groups is 1. The minimum atomic E-state index is -1.11. The number of amides is 2. The summed E-state index contributed by atoms with van der Waals surface area (Å²) in [5, 5.41) is 3.03. The molecule has 1 unspecified atom stereocenters. The standard InChI is InChI=1S/C20H34FN5O2S/c1-5-7-10-23-19(22-4)26-11-8-16(9-12-26)18(21)13-24-20(28)25-15(3)29-14-17(27)6-2/h10,16,18H,5-9,11-14H2,1-4H3,(H,24,28). The number of unbranched alkanes of at least 4 members (excludes halogenated alkanes) is 1. The Bertz CT molecular complexity index is 616. The Balaban J connectivity index is 2.38. The monoisotopic (exact) mass is 427 g/mol. The summed E-state index contributed by atoms with van der Waals surface area (Å²) >= 11 is 1.23. The van der Waals surface area contributed by atoms with Crippen molar-refractivity contribution in [1.82, 2.24) is 10.2 Å². The third-order valence-electron chi connectivity index (χ3n) is 4.70. The van der Waals surface area contributed by atoms with Crippen molar-refractivity contribution in [3.05, 3.63) is 0 Å². The molecule has 7 nitrogen and oxygen atoms in total. The molecule has 29 heavy (non-hydrogen) atoms. The van der Waals surface area contributed by atoms with Crippen LogP contribution in [0.4, 0.5) is 9.18 Å². The largest absolute Gasteiger partial charge is 0.341 e. The lowest BCUT2D eigenvalue weighted by Gasteiger charge is -2.33. The van der Waals surface area contributed by atoms with Crippen molar-refractivity contribution < 1.29 is 14.0 Å². The van der Waals surface area contributed by atoms with Crippen molar-refractivity contribution in [3.63, 3.8) is 0 Å². The third-order valence-corrected chi connectivity index (χ3v) is 5.68. The molecule has 0 saturated carbocycles. The van der Waals surface area contributed by atoms with Crippen LogP contribution < -0.4 is 5.32 Å². The molecule has 164 valence electrons. The van der Waals surface area contributed by atoms with Gasteiger partial charge in [0, 0.05) is 32.8 Å². The quantitative estimate of drug-likeness (QED) is 0.472. The maximum atomic E-state index is 14.6. The van der Waals surface area contributed by atoms with E-state index in [-0.39, 0.29) is 18.2 Å². The molecule has 0 aromatic rings. The van der Waals surface area contributed by atoms with E-state index in [1.807, 2.05) is 6.21 Å². The molecular weight excluding hydrogens is 393 g/mol. The first-order valence-electron chi connectivity index (χ1n) is 10.3. The van der Waals surface area contributed by atoms with Crippen LogP contribution in [-0.4, -0.2) is 72.5 Å². The van der Waals surface area contributed by atoms with Crippen LogP contribution in [0, 0.1) is 5.92 Å². The summed E-state index contributed by atoms with van der Waals surface area (Å²) in [6.45, 7) is 6.92. The number of guanidine groups is 1. The maximum absolute atomic E-state index is 14.6. The fourth-order valence-electron chi connectivity index (χ4n) is 2.87. The fourth-order valence-corrected chi connectivity index (χ4v) is 3.59. The van der Waals surface area contributed by atoms with Gasteiger partial charge in [-0.25, -0.2) is 14.2 Å². The molecule has 0 aromatic carbocycles. The summed E-state index contributed by atoms with van der Waals surface area (Å²) in [5.41, 5.74) is 0. The number of carbonyl (C=O) groups is 2. The number of hydrogen-bond donors (Lipinski definition) is 1. The molecule has 1 heterocycles. The maximum Gasteiger partial charge on any atom is 0.341 e. The van der Waals surface area contributed by atoms with Gasteiger partial charge in [-0.2, -0.15) is 4.99 Å². The molecule has 1 N–H and O–H groups in total. The van der Waals surface area contributed by atoms with Crippen molar-refractivity contribution in [2.45, 2.75) is 59.0 Å². The molecule has 0 spiro atoms. The summed E-state index contributed by atoms with van der Waals surface area (Å²) in [5.74, 6) is 0.998. The van der Waals surface area contributed by atoms with Crippen LogP contribution in [0.5, 0.6) is 0 Å². The van der Waals surface area contributed by atoms with Gasteiger partial charge in [0.2, 0.25) is 5.96 Å². The van der Waals surface area contributed by atoms with Crippen LogP contribution in [0.3, 0.4) is 0 Å². The molecule has 1 aliphatic rings. The average molecular weight is 428 g/mol. The number of aliphatic imine (C=N–C) groups is 3. The Hall–Kier alpha value is -1.77. The summed E-state index contributed by atoms with van der Waals surface area (Å²) in [6.07, 6.45) is 4.56. The van der Waals surface area contributed by atoms with E-state index in [2.05, 4.69) is 32.1 Å². The molecule has 0 aliphatic carbocycles. The molecule has 0 aromatic heterocycles. The van der Waals surface area contributed by atoms with Crippen LogP contribution in [0.25, 0.3) is 0 Å². The number of thioether (sulfide) groups is 1. The van der Waals surface area contributed by atoms with Crippen molar-refractivity contribution in [1.29, 1.82) is 0 Å². The lowest BCUT2D eigenvalue weighted by molar-refractivity contribution is -0.116. The summed E-state index contributed by atoms with van der Waals surface area (Å²) < 4.78 is 14.6. The van der Waals surface area contributed by atoms with Gasteiger partial charge >= 0.3 is 6.03 Å². The number of likely N-dealkylation sites (tertiary alicyclic amines) is 1. The van der Waals surface area contributed by atoms with E-state index >= 15 is 0 Å². The number of nitrogens with one attached hydrogen (secondary N) is 1. The van der Waals surface area contributed by atoms with Crippen molar-refractivity contribution in [2.75, 3.05) is 32.4 Å². The average Bonchev–Trinajstić information content (AvgIpc) is 2.73. The molecule has 2 amide bonds. The highest BCUT2D eigenvalue weighted by Gasteiger charge is 2.27. The first-order chi connectivity index (χ1) is 13.9. The highest BCUT2D eigenvalue weighted by molar-refractivity contribution is 8.14. The molecule has 1 saturated heterocycles. The second-order valence-corrected chi connectivity index (χ2v) is 8.13. The van der Waals surface area contributed by atoms with Crippen molar-refractivity contribution in [3.8, 4) is 0 Å². The van der Waals surface area contributed by atoms with E-state index < -0.39 is 12.2 Å². The lowest BCUT2D eigenvalue weighted by Crippen LogP contribution is -2.42. The van der Waals surface area contributed by atoms with Crippen LogP contribution in [0.15, 0.2) is 15.0 Å². The van der Waals surface area contributed by atoms with E-state index in [0.717, 1.165) is 12.8 Å². The normalized spacial score (nSPS) is 17.6. The van der Waals surface area contributed by atoms with Crippen molar-refractivity contribution in [2.24, 2.45) is 20.9 Å². The van der Waals surface area contributed by atoms with E-state index in [9.17, 15) is 14.0 Å². The topological polar surface area (TPSA) is 86.5 Å². The number of Topliss-reactive ketones (excluding diaryl/α,β-unsaturated/α-hetero) is 1. The predicted molar refractivity (Wildman–Crippen MR) is 120 cm³/mol. The van der Waals surface area contributed by atoms with Gasteiger partial charge in [0.25, 0.3) is 0 Å². The Kier molecular flexibility index (Phi) is 12.4. The van der Waals surface area contributed by atoms with Gasteiger partial charge in [0.1, 0.15) is 12.0 Å². The molecular formula is C20H34FN5O2S. The van der Waals surface area contributed by atoms with Gasteiger partial charge in [-0.15, -0.1) is 11.8 Å². The number of alkyl halides is 1. The summed E-state index contributed by atoms with van der Waals surface area (Å²) in [4.78, 5) is 37.7. The van der Waals surface area contributed by atoms with Gasteiger partial charge in [-0.1, -0.05) is 20.3 Å². The summed E-state index contributed by atoms with van der Waals surface area (Å²) in [6, 6.07) is -0.565. The number of halogens is 1. The molecule has 1 rings (SSSR count). The Morgan fingerprint density at radius 1 is 1.31 bits per heavy atom. The Morgan fingerprint density at radius 2 is 2.00 bits per heavy atom. The zero-order chi connectivity index (χ0) is 21.6. The Morgan fingerprint density at radius 3 is 2.59 bits per heavy atom. The first kappa shape index (κ1) is 25.3. The number of nitrogens with zero attached hydrogens (tertiary/aromatic N) is 4. The molecule has 1 fully saturated rings. The molecule has 0 radical (unpaired) electrons. The van der Waals surface area contributed by atoms with E-state index in [4.69, 9.17) is 0 Å². The van der Waals surface area contributed by atoms with E-state index in [1.165, 1.54) is 11.8 Å². The molecule has 0 bridgehead atoms. The van der Waals surface area contributed by atoms with Crippen LogP contribution in [-0.2, 0) is 4.79 Å². The van der Waals surface area contributed by atoms with Gasteiger partial charge in [-0.05, 0) is 32.1 Å². The zero-order valence-electron chi connectivity index (χ0n) is 18.0. The fraction of sp³-hybridized carbons (Fsp3) is 0.750. The van der Waals surface area contributed by atoms with E-state index in [1.54, 1.807) is 20.9 Å². The molecule has 1 atom stereocenters. The Labute approximate surface area is 177 Å². The molecule has 1 aliphatic heterocycles. The van der Waals surface area contributed by atoms with Crippen LogP contribution in [0.1, 0.15) is 52.9 Å². The lowest BCUT2D eigenvalue weighted by atomic mass is 9.92. The van der Waals surface area contributed by atoms with Gasteiger partial charge < -0.3 is 10.2 Å². The van der Waals surface area contributed by atoms with Crippen LogP contribution in [0.2, 0.25) is 0 Å². The smallest absolute Gasteiger partial charge is 0.341 e. The highest BCUT2D eigenvalue weighted by atomic mass is 32.2. The second kappa shape index (κ2) is 14.3. The van der Waals surface area contributed by atoms with Gasteiger partial charge in [0.15, 0.2) is 0 Å². The van der Waals surface area contributed by atoms with Crippen LogP contribution >= 0.6 is 11.8 Å². The predicted octanol–water partition coefficient (Wildman–Crippen LogP) is 3.73. The first-order valence-corrected chi connectivity index (χ1v) is 11.3. The van der Waals surface area contributed by atoms with Gasteiger partial charge in [-0.3, -0.25) is 9.79 Å². The van der Waals surface area contributed by atoms with Crippen molar-refractivity contribution >= 4 is 40.8 Å². The SMILES string of the molecule is CCCC=NC(=NC)N1CCC(C(F)CNC(=O)N=C(C)SCC(=O)CC)CC1. The third kappa shape index (κ3) is 10.0. The number of rotatable bonds is 8. The minimum Gasteiger partial charge on any atom is -0.341 e. The summed E-state index contributed by atoms with van der Waals surface area (Å²) in [7, 11) is 1.72. The number of hydrogen-bond acceptors (Lipinski definition) is 4. The number of ketones is 1. The van der Waals surface area contributed by atoms with E-state index in [0.29, 0.717) is 49.1 Å². The molecule has 9 heteroatoms. The van der Waals surface area contributed by atoms with Gasteiger partial charge in [0.05, 0.1) is 17.3 Å². The zero-order valence-corrected chi connectivity index (χ0v) is 18.8. The number of carbonyl (C=O) groups excluding carboxylic acids is 2.